The monoisotopic (exact) mass is 431 g/mol. The fourth-order valence-corrected chi connectivity index (χ4v) is 4.53. The van der Waals surface area contributed by atoms with Crippen LogP contribution in [0, 0.1) is 0 Å². The van der Waals surface area contributed by atoms with Crippen molar-refractivity contribution in [3.63, 3.8) is 0 Å². The molecule has 1 fully saturated rings. The molecule has 1 aliphatic rings. The van der Waals surface area contributed by atoms with Gasteiger partial charge in [0.05, 0.1) is 11.0 Å². The Morgan fingerprint density at radius 2 is 1.48 bits per heavy atom. The highest BCUT2D eigenvalue weighted by Gasteiger charge is 2.22. The zero-order valence-corrected chi connectivity index (χ0v) is 17.8. The minimum Gasteiger partial charge on any atom is -0.368 e. The van der Waals surface area contributed by atoms with Gasteiger partial charge < -0.3 is 14.4 Å². The van der Waals surface area contributed by atoms with Crippen molar-refractivity contribution in [2.75, 3.05) is 31.1 Å². The summed E-state index contributed by atoms with van der Waals surface area (Å²) in [5.74, 6) is 0.0535. The molecule has 5 nitrogen and oxygen atoms in total. The van der Waals surface area contributed by atoms with Gasteiger partial charge in [-0.25, -0.2) is 0 Å². The van der Waals surface area contributed by atoms with Gasteiger partial charge in [-0.3, -0.25) is 9.59 Å². The first-order valence-corrected chi connectivity index (χ1v) is 10.8. The van der Waals surface area contributed by atoms with Crippen LogP contribution in [0.3, 0.4) is 0 Å². The molecule has 5 rings (SSSR count). The number of pyridine rings is 1. The lowest BCUT2D eigenvalue weighted by molar-refractivity contribution is -0.132. The summed E-state index contributed by atoms with van der Waals surface area (Å²) >= 11 is 6.16. The van der Waals surface area contributed by atoms with Crippen molar-refractivity contribution in [1.29, 1.82) is 0 Å². The molecule has 0 N–H and O–H groups in total. The van der Waals surface area contributed by atoms with E-state index in [1.807, 2.05) is 51.9 Å². The quantitative estimate of drug-likeness (QED) is 0.458. The number of amides is 1. The molecule has 0 bridgehead atoms. The van der Waals surface area contributed by atoms with E-state index >= 15 is 0 Å². The van der Waals surface area contributed by atoms with Gasteiger partial charge in [-0.05, 0) is 42.5 Å². The van der Waals surface area contributed by atoms with Gasteiger partial charge in [0.1, 0.15) is 6.54 Å². The normalized spacial score (nSPS) is 14.4. The highest BCUT2D eigenvalue weighted by Crippen LogP contribution is 2.23. The Morgan fingerprint density at radius 3 is 2.26 bits per heavy atom. The Morgan fingerprint density at radius 1 is 0.806 bits per heavy atom. The van der Waals surface area contributed by atoms with E-state index in [0.717, 1.165) is 24.1 Å². The maximum Gasteiger partial charge on any atom is 0.242 e. The molecule has 4 aromatic rings. The smallest absolute Gasteiger partial charge is 0.242 e. The summed E-state index contributed by atoms with van der Waals surface area (Å²) in [6.07, 6.45) is 0. The van der Waals surface area contributed by atoms with Crippen LogP contribution in [0.2, 0.25) is 5.02 Å². The van der Waals surface area contributed by atoms with E-state index in [1.165, 1.54) is 5.69 Å². The maximum atomic E-state index is 13.2. The fraction of sp³-hybridized carbons (Fsp3) is 0.200. The highest BCUT2D eigenvalue weighted by atomic mass is 35.5. The predicted octanol–water partition coefficient (Wildman–Crippen LogP) is 4.16. The molecule has 0 unspecified atom stereocenters. The third-order valence-corrected chi connectivity index (χ3v) is 6.22. The van der Waals surface area contributed by atoms with Gasteiger partial charge in [-0.1, -0.05) is 41.9 Å². The third kappa shape index (κ3) is 3.66. The Labute approximate surface area is 185 Å². The fourth-order valence-electron chi connectivity index (χ4n) is 4.36. The van der Waals surface area contributed by atoms with Crippen molar-refractivity contribution >= 4 is 45.0 Å². The second kappa shape index (κ2) is 8.08. The van der Waals surface area contributed by atoms with E-state index in [0.29, 0.717) is 28.9 Å². The molecule has 0 saturated carbocycles. The molecule has 6 heteroatoms. The number of nitrogens with zero attached hydrogens (tertiary/aromatic N) is 3. The maximum absolute atomic E-state index is 13.2. The molecule has 0 spiro atoms. The zero-order valence-electron chi connectivity index (χ0n) is 17.0. The van der Waals surface area contributed by atoms with E-state index in [-0.39, 0.29) is 17.9 Å². The number of piperazine rings is 1. The van der Waals surface area contributed by atoms with Crippen LogP contribution in [0.25, 0.3) is 21.8 Å². The number of halogens is 1. The summed E-state index contributed by atoms with van der Waals surface area (Å²) in [7, 11) is 0. The number of aromatic nitrogens is 1. The number of para-hydroxylation sites is 2. The SMILES string of the molecule is O=C(Cn1c2ccccc2c(=O)c2cc(Cl)ccc21)N1CCN(c2ccccc2)CC1. The third-order valence-electron chi connectivity index (χ3n) is 5.98. The van der Waals surface area contributed by atoms with Gasteiger partial charge >= 0.3 is 0 Å². The van der Waals surface area contributed by atoms with Crippen LogP contribution in [0.5, 0.6) is 0 Å². The largest absolute Gasteiger partial charge is 0.368 e. The van der Waals surface area contributed by atoms with Crippen molar-refractivity contribution in [3.8, 4) is 0 Å². The average molecular weight is 432 g/mol. The van der Waals surface area contributed by atoms with Crippen LogP contribution in [-0.2, 0) is 11.3 Å². The van der Waals surface area contributed by atoms with Crippen LogP contribution < -0.4 is 10.3 Å². The molecule has 31 heavy (non-hydrogen) atoms. The van der Waals surface area contributed by atoms with Crippen LogP contribution in [0.1, 0.15) is 0 Å². The van der Waals surface area contributed by atoms with Crippen LogP contribution in [-0.4, -0.2) is 41.6 Å². The number of carbonyl (C=O) groups is 1. The summed E-state index contributed by atoms with van der Waals surface area (Å²) < 4.78 is 1.94. The minimum atomic E-state index is -0.0618. The van der Waals surface area contributed by atoms with Gasteiger partial charge in [0.25, 0.3) is 0 Å². The molecule has 1 saturated heterocycles. The second-order valence-electron chi connectivity index (χ2n) is 7.80. The Bertz CT molecular complexity index is 1330. The zero-order chi connectivity index (χ0) is 21.4. The standard InChI is InChI=1S/C25H22ClN3O2/c26-18-10-11-23-21(16-18)25(31)20-8-4-5-9-22(20)29(23)17-24(30)28-14-12-27(13-15-28)19-6-2-1-3-7-19/h1-11,16H,12-15,17H2. The minimum absolute atomic E-state index is 0.0535. The van der Waals surface area contributed by atoms with E-state index in [1.54, 1.807) is 18.2 Å². The van der Waals surface area contributed by atoms with E-state index < -0.39 is 0 Å². The lowest BCUT2D eigenvalue weighted by Crippen LogP contribution is -2.49. The van der Waals surface area contributed by atoms with E-state index in [2.05, 4.69) is 17.0 Å². The number of rotatable bonds is 3. The first kappa shape index (κ1) is 19.6. The number of benzene rings is 3. The summed E-state index contributed by atoms with van der Waals surface area (Å²) in [5, 5.41) is 1.64. The number of hydrogen-bond acceptors (Lipinski definition) is 3. The van der Waals surface area contributed by atoms with Crippen LogP contribution >= 0.6 is 11.6 Å². The van der Waals surface area contributed by atoms with Gasteiger partial charge in [-0.15, -0.1) is 0 Å². The summed E-state index contributed by atoms with van der Waals surface area (Å²) in [4.78, 5) is 30.4. The van der Waals surface area contributed by atoms with Gasteiger partial charge in [0, 0.05) is 47.7 Å². The Kier molecular flexibility index (Phi) is 5.12. The molecular formula is C25H22ClN3O2. The van der Waals surface area contributed by atoms with Gasteiger partial charge in [-0.2, -0.15) is 0 Å². The Hall–Kier alpha value is -3.31. The van der Waals surface area contributed by atoms with Crippen molar-refractivity contribution < 1.29 is 4.79 Å². The lowest BCUT2D eigenvalue weighted by atomic mass is 10.1. The first-order chi connectivity index (χ1) is 15.1. The molecule has 2 heterocycles. The molecule has 1 amide bonds. The molecule has 1 aromatic heterocycles. The van der Waals surface area contributed by atoms with Crippen molar-refractivity contribution in [2.45, 2.75) is 6.54 Å². The second-order valence-corrected chi connectivity index (χ2v) is 8.23. The molecule has 0 aliphatic carbocycles. The number of carbonyl (C=O) groups excluding carboxylic acids is 1. The van der Waals surface area contributed by atoms with Gasteiger partial charge in [0.2, 0.25) is 5.91 Å². The van der Waals surface area contributed by atoms with Crippen molar-refractivity contribution in [2.24, 2.45) is 0 Å². The number of hydrogen-bond donors (Lipinski definition) is 0. The average Bonchev–Trinajstić information content (AvgIpc) is 2.82. The van der Waals surface area contributed by atoms with Crippen LogP contribution in [0.4, 0.5) is 5.69 Å². The van der Waals surface area contributed by atoms with E-state index in [4.69, 9.17) is 11.6 Å². The number of anilines is 1. The molecule has 156 valence electrons. The highest BCUT2D eigenvalue weighted by molar-refractivity contribution is 6.31. The van der Waals surface area contributed by atoms with Crippen LogP contribution in [0.15, 0.2) is 77.6 Å². The summed E-state index contributed by atoms with van der Waals surface area (Å²) in [5.41, 5.74) is 2.61. The summed E-state index contributed by atoms with van der Waals surface area (Å²) in [6.45, 7) is 3.14. The van der Waals surface area contributed by atoms with Crippen molar-refractivity contribution in [1.82, 2.24) is 9.47 Å². The molecule has 0 radical (unpaired) electrons. The van der Waals surface area contributed by atoms with Crippen molar-refractivity contribution in [3.05, 3.63) is 88.0 Å². The molecule has 1 aliphatic heterocycles. The predicted molar refractivity (Wildman–Crippen MR) is 126 cm³/mol. The molecule has 0 atom stereocenters. The Balaban J connectivity index is 1.44. The first-order valence-electron chi connectivity index (χ1n) is 10.4. The number of fused-ring (bicyclic) bond motifs is 2. The van der Waals surface area contributed by atoms with E-state index in [9.17, 15) is 9.59 Å². The lowest BCUT2D eigenvalue weighted by Gasteiger charge is -2.36. The molecule has 3 aromatic carbocycles. The molecular weight excluding hydrogens is 410 g/mol. The summed E-state index contributed by atoms with van der Waals surface area (Å²) in [6, 6.07) is 23.0. The van der Waals surface area contributed by atoms with Gasteiger partial charge in [0.15, 0.2) is 5.43 Å². The topological polar surface area (TPSA) is 45.6 Å².